The lowest BCUT2D eigenvalue weighted by Crippen LogP contribution is -2.57. The van der Waals surface area contributed by atoms with Gasteiger partial charge in [-0.25, -0.2) is 0 Å². The lowest BCUT2D eigenvalue weighted by atomic mass is 9.51. The lowest BCUT2D eigenvalue weighted by molar-refractivity contribution is 0.128. The Morgan fingerprint density at radius 1 is 1.00 bits per heavy atom. The molecule has 0 aliphatic heterocycles. The van der Waals surface area contributed by atoms with E-state index in [1.54, 1.807) is 7.11 Å². The molecule has 18 heavy (non-hydrogen) atoms. The van der Waals surface area contributed by atoms with Gasteiger partial charge in [0.15, 0.2) is 0 Å². The number of hydrogen-bond donors (Lipinski definition) is 0. The molecule has 94 valence electrons. The van der Waals surface area contributed by atoms with Crippen LogP contribution in [-0.2, 0) is 0 Å². The standard InChI is InChI=1S/C15H14Cl2O/c1-18-10-4-2-3-7-8-5-6-9(11(7)10)13-12(8)14(16)15(13)17/h2-6,8-9,12-15H,1H3/t8-,9-,12+,13+,14+,15+/m1/s1. The highest BCUT2D eigenvalue weighted by atomic mass is 35.5. The van der Waals surface area contributed by atoms with Crippen LogP contribution in [0.3, 0.4) is 0 Å². The van der Waals surface area contributed by atoms with Gasteiger partial charge in [-0.1, -0.05) is 24.3 Å². The molecule has 4 aliphatic rings. The molecule has 6 atom stereocenters. The number of benzene rings is 1. The van der Waals surface area contributed by atoms with Crippen LogP contribution in [0.4, 0.5) is 0 Å². The minimum atomic E-state index is 0.0900. The molecular weight excluding hydrogens is 267 g/mol. The zero-order valence-electron chi connectivity index (χ0n) is 10.0. The Morgan fingerprint density at radius 2 is 1.67 bits per heavy atom. The highest BCUT2D eigenvalue weighted by Gasteiger charge is 2.59. The van der Waals surface area contributed by atoms with Crippen LogP contribution >= 0.6 is 23.2 Å². The third-order valence-electron chi connectivity index (χ3n) is 4.85. The van der Waals surface area contributed by atoms with Crippen molar-refractivity contribution in [3.05, 3.63) is 41.5 Å². The number of methoxy groups -OCH3 is 1. The fraction of sp³-hybridized carbons (Fsp3) is 0.467. The van der Waals surface area contributed by atoms with Gasteiger partial charge in [0.05, 0.1) is 17.9 Å². The number of rotatable bonds is 1. The van der Waals surface area contributed by atoms with Crippen LogP contribution in [0.2, 0.25) is 0 Å². The zero-order valence-corrected chi connectivity index (χ0v) is 11.5. The predicted molar refractivity (Wildman–Crippen MR) is 73.9 cm³/mol. The highest BCUT2D eigenvalue weighted by molar-refractivity contribution is 6.31. The van der Waals surface area contributed by atoms with Crippen LogP contribution in [0.1, 0.15) is 23.0 Å². The average molecular weight is 281 g/mol. The molecule has 1 nitrogen and oxygen atoms in total. The van der Waals surface area contributed by atoms with Crippen molar-refractivity contribution < 1.29 is 4.74 Å². The predicted octanol–water partition coefficient (Wildman–Crippen LogP) is 3.91. The summed E-state index contributed by atoms with van der Waals surface area (Å²) >= 11 is 12.8. The Bertz CT molecular complexity index is 539. The molecule has 0 spiro atoms. The Balaban J connectivity index is 1.91. The zero-order chi connectivity index (χ0) is 12.4. The minimum absolute atomic E-state index is 0.0900. The molecule has 0 heterocycles. The normalized spacial score (nSPS) is 43.1. The summed E-state index contributed by atoms with van der Waals surface area (Å²) in [5, 5.41) is 0.195. The van der Waals surface area contributed by atoms with Gasteiger partial charge in [0, 0.05) is 17.4 Å². The molecule has 0 radical (unpaired) electrons. The molecule has 3 heteroatoms. The molecular formula is C15H14Cl2O. The Labute approximate surface area is 117 Å². The number of alkyl halides is 2. The van der Waals surface area contributed by atoms with Gasteiger partial charge in [0.1, 0.15) is 5.75 Å². The molecule has 0 N–H and O–H groups in total. The molecule has 1 aromatic rings. The highest BCUT2D eigenvalue weighted by Crippen LogP contribution is 2.64. The van der Waals surface area contributed by atoms with Crippen molar-refractivity contribution in [2.75, 3.05) is 7.11 Å². The van der Waals surface area contributed by atoms with Gasteiger partial charge < -0.3 is 4.74 Å². The van der Waals surface area contributed by atoms with E-state index >= 15 is 0 Å². The second-order valence-electron chi connectivity index (χ2n) is 5.44. The summed E-state index contributed by atoms with van der Waals surface area (Å²) < 4.78 is 5.53. The van der Waals surface area contributed by atoms with Crippen molar-refractivity contribution >= 4 is 23.2 Å². The summed E-state index contributed by atoms with van der Waals surface area (Å²) in [6.45, 7) is 0. The van der Waals surface area contributed by atoms with Crippen LogP contribution in [0.5, 0.6) is 5.75 Å². The maximum absolute atomic E-state index is 6.42. The molecule has 1 saturated carbocycles. The van der Waals surface area contributed by atoms with Crippen LogP contribution in [-0.4, -0.2) is 17.9 Å². The van der Waals surface area contributed by atoms with Crippen LogP contribution < -0.4 is 4.74 Å². The summed E-state index contributed by atoms with van der Waals surface area (Å²) in [6, 6.07) is 6.32. The molecule has 0 unspecified atom stereocenters. The first kappa shape index (κ1) is 11.2. The summed E-state index contributed by atoms with van der Waals surface area (Å²) in [6.07, 6.45) is 4.61. The second-order valence-corrected chi connectivity index (χ2v) is 6.45. The van der Waals surface area contributed by atoms with Crippen molar-refractivity contribution in [2.24, 2.45) is 11.8 Å². The number of allylic oxidation sites excluding steroid dienone is 2. The Morgan fingerprint density at radius 3 is 2.39 bits per heavy atom. The number of halogens is 2. The summed E-state index contributed by atoms with van der Waals surface area (Å²) in [5.74, 6) is 2.77. The van der Waals surface area contributed by atoms with Crippen LogP contribution in [0, 0.1) is 11.8 Å². The first-order valence-electron chi connectivity index (χ1n) is 6.37. The van der Waals surface area contributed by atoms with Crippen molar-refractivity contribution in [3.63, 3.8) is 0 Å². The van der Waals surface area contributed by atoms with Gasteiger partial charge in [-0.15, -0.1) is 23.2 Å². The number of ether oxygens (including phenoxy) is 1. The molecule has 1 aromatic carbocycles. The lowest BCUT2D eigenvalue weighted by Gasteiger charge is -2.58. The molecule has 0 saturated heterocycles. The van der Waals surface area contributed by atoms with Gasteiger partial charge in [-0.05, 0) is 23.5 Å². The molecule has 5 rings (SSSR count). The summed E-state index contributed by atoms with van der Waals surface area (Å²) in [7, 11) is 1.74. The first-order valence-corrected chi connectivity index (χ1v) is 7.24. The quantitative estimate of drug-likeness (QED) is 0.560. The van der Waals surface area contributed by atoms with Crippen molar-refractivity contribution in [1.82, 2.24) is 0 Å². The van der Waals surface area contributed by atoms with E-state index in [1.807, 2.05) is 6.07 Å². The summed E-state index contributed by atoms with van der Waals surface area (Å²) in [4.78, 5) is 0. The van der Waals surface area contributed by atoms with E-state index in [0.717, 1.165) is 5.75 Å². The molecule has 0 aromatic heterocycles. The fourth-order valence-electron chi connectivity index (χ4n) is 4.06. The van der Waals surface area contributed by atoms with Gasteiger partial charge in [0.2, 0.25) is 0 Å². The van der Waals surface area contributed by atoms with E-state index in [0.29, 0.717) is 23.7 Å². The fourth-order valence-corrected chi connectivity index (χ4v) is 5.05. The molecule has 0 amide bonds. The van der Waals surface area contributed by atoms with E-state index in [2.05, 4.69) is 24.3 Å². The monoisotopic (exact) mass is 280 g/mol. The summed E-state index contributed by atoms with van der Waals surface area (Å²) in [5.41, 5.74) is 2.72. The first-order chi connectivity index (χ1) is 8.74. The van der Waals surface area contributed by atoms with E-state index in [9.17, 15) is 0 Å². The third kappa shape index (κ3) is 1.15. The largest absolute Gasteiger partial charge is 0.496 e. The van der Waals surface area contributed by atoms with Gasteiger partial charge >= 0.3 is 0 Å². The van der Waals surface area contributed by atoms with Crippen LogP contribution in [0.15, 0.2) is 30.4 Å². The van der Waals surface area contributed by atoms with E-state index < -0.39 is 0 Å². The van der Waals surface area contributed by atoms with Crippen LogP contribution in [0.25, 0.3) is 0 Å². The molecule has 4 aliphatic carbocycles. The SMILES string of the molecule is COc1cccc2c1[C@H]1C=C[C@H]2[C@@H]2[C@H](Cl)[C@@H](Cl)[C@H]21. The van der Waals surface area contributed by atoms with Gasteiger partial charge in [-0.2, -0.15) is 0 Å². The van der Waals surface area contributed by atoms with Gasteiger partial charge in [-0.3, -0.25) is 0 Å². The van der Waals surface area contributed by atoms with Crippen molar-refractivity contribution in [3.8, 4) is 5.75 Å². The molecule has 2 bridgehead atoms. The van der Waals surface area contributed by atoms with Gasteiger partial charge in [0.25, 0.3) is 0 Å². The maximum Gasteiger partial charge on any atom is 0.122 e. The maximum atomic E-state index is 6.42. The van der Waals surface area contributed by atoms with E-state index in [4.69, 9.17) is 27.9 Å². The van der Waals surface area contributed by atoms with E-state index in [-0.39, 0.29) is 10.8 Å². The molecule has 1 fully saturated rings. The minimum Gasteiger partial charge on any atom is -0.496 e. The Hall–Kier alpha value is -0.660. The second kappa shape index (κ2) is 3.68. The topological polar surface area (TPSA) is 9.23 Å². The smallest absolute Gasteiger partial charge is 0.122 e. The number of hydrogen-bond acceptors (Lipinski definition) is 1. The van der Waals surface area contributed by atoms with Crippen molar-refractivity contribution in [1.29, 1.82) is 0 Å². The Kier molecular flexibility index (Phi) is 2.29. The van der Waals surface area contributed by atoms with E-state index in [1.165, 1.54) is 11.1 Å². The third-order valence-corrected chi connectivity index (χ3v) is 6.11. The van der Waals surface area contributed by atoms with Crippen molar-refractivity contribution in [2.45, 2.75) is 22.6 Å². The average Bonchev–Trinajstić information content (AvgIpc) is 2.45.